The van der Waals surface area contributed by atoms with E-state index in [9.17, 15) is 17.6 Å². The van der Waals surface area contributed by atoms with E-state index in [2.05, 4.69) is 0 Å². The van der Waals surface area contributed by atoms with E-state index in [0.717, 1.165) is 0 Å². The molecule has 14 heavy (non-hydrogen) atoms. The molecule has 1 aromatic carbocycles. The summed E-state index contributed by atoms with van der Waals surface area (Å²) in [6.45, 7) is 0. The lowest BCUT2D eigenvalue weighted by Gasteiger charge is -2.08. The zero-order valence-corrected chi connectivity index (χ0v) is 8.96. The van der Waals surface area contributed by atoms with Crippen molar-refractivity contribution in [2.45, 2.75) is 9.79 Å². The third-order valence-electron chi connectivity index (χ3n) is 1.59. The summed E-state index contributed by atoms with van der Waals surface area (Å²) in [6, 6.07) is 0. The quantitative estimate of drug-likeness (QED) is 0.336. The fourth-order valence-electron chi connectivity index (χ4n) is 0.950. The smallest absolute Gasteiger partial charge is 0.196 e. The van der Waals surface area contributed by atoms with Gasteiger partial charge in [0, 0.05) is 0 Å². The van der Waals surface area contributed by atoms with E-state index in [1.165, 1.54) is 12.5 Å². The summed E-state index contributed by atoms with van der Waals surface area (Å²) in [7, 11) is 0. The van der Waals surface area contributed by atoms with E-state index >= 15 is 0 Å². The molecule has 0 aliphatic rings. The van der Waals surface area contributed by atoms with Crippen LogP contribution in [-0.4, -0.2) is 12.5 Å². The Morgan fingerprint density at radius 1 is 0.643 bits per heavy atom. The van der Waals surface area contributed by atoms with Crippen LogP contribution < -0.4 is 0 Å². The van der Waals surface area contributed by atoms with E-state index in [-0.39, 0.29) is 0 Å². The van der Waals surface area contributed by atoms with Gasteiger partial charge in [-0.15, -0.1) is 23.5 Å². The van der Waals surface area contributed by atoms with E-state index in [4.69, 9.17) is 0 Å². The number of hydrogen-bond acceptors (Lipinski definition) is 2. The summed E-state index contributed by atoms with van der Waals surface area (Å²) in [4.78, 5) is -0.985. The van der Waals surface area contributed by atoms with Gasteiger partial charge in [0.25, 0.3) is 0 Å². The fourth-order valence-corrected chi connectivity index (χ4v) is 2.11. The Morgan fingerprint density at radius 3 is 1.29 bits per heavy atom. The second kappa shape index (κ2) is 4.44. The van der Waals surface area contributed by atoms with Crippen molar-refractivity contribution in [3.05, 3.63) is 23.3 Å². The second-order valence-electron chi connectivity index (χ2n) is 2.32. The van der Waals surface area contributed by atoms with Crippen LogP contribution in [0.1, 0.15) is 0 Å². The Balaban J connectivity index is 3.56. The lowest BCUT2D eigenvalue weighted by molar-refractivity contribution is 0.396. The van der Waals surface area contributed by atoms with Crippen LogP contribution in [0, 0.1) is 23.3 Å². The highest BCUT2D eigenvalue weighted by Crippen LogP contribution is 2.34. The highest BCUT2D eigenvalue weighted by Gasteiger charge is 2.24. The first-order valence-corrected chi connectivity index (χ1v) is 5.93. The van der Waals surface area contributed by atoms with Crippen molar-refractivity contribution in [3.63, 3.8) is 0 Å². The number of halogens is 4. The Morgan fingerprint density at radius 2 is 1.00 bits per heavy atom. The molecule has 78 valence electrons. The first-order valence-electron chi connectivity index (χ1n) is 3.48. The molecule has 1 aromatic rings. The molecule has 0 atom stereocenters. The molecule has 0 aliphatic heterocycles. The molecule has 0 unspecified atom stereocenters. The highest BCUT2D eigenvalue weighted by atomic mass is 32.2. The number of hydrogen-bond donors (Lipinski definition) is 0. The molecule has 1 rings (SSSR count). The van der Waals surface area contributed by atoms with Crippen molar-refractivity contribution >= 4 is 23.5 Å². The van der Waals surface area contributed by atoms with Crippen LogP contribution in [0.15, 0.2) is 9.79 Å². The Bertz CT molecular complexity index is 334. The normalized spacial score (nSPS) is 10.7. The van der Waals surface area contributed by atoms with Gasteiger partial charge in [0.2, 0.25) is 0 Å². The molecule has 0 fully saturated rings. The van der Waals surface area contributed by atoms with Gasteiger partial charge in [-0.25, -0.2) is 17.6 Å². The zero-order valence-electron chi connectivity index (χ0n) is 7.33. The number of rotatable bonds is 2. The topological polar surface area (TPSA) is 0 Å². The maximum atomic E-state index is 13.3. The van der Waals surface area contributed by atoms with Gasteiger partial charge in [-0.2, -0.15) is 0 Å². The molecular weight excluding hydrogens is 236 g/mol. The molecule has 0 heterocycles. The van der Waals surface area contributed by atoms with Crippen molar-refractivity contribution in [2.24, 2.45) is 0 Å². The van der Waals surface area contributed by atoms with Gasteiger partial charge in [-0.1, -0.05) is 0 Å². The standard InChI is InChI=1S/C8H6F4S2/c1-13-7-4(10)3(9)5(11)8(14-2)6(7)12/h1-2H3. The number of benzene rings is 1. The molecule has 6 heteroatoms. The zero-order chi connectivity index (χ0) is 10.9. The highest BCUT2D eigenvalue weighted by molar-refractivity contribution is 7.99. The monoisotopic (exact) mass is 242 g/mol. The third-order valence-corrected chi connectivity index (χ3v) is 3.12. The van der Waals surface area contributed by atoms with E-state index < -0.39 is 33.1 Å². The van der Waals surface area contributed by atoms with Gasteiger partial charge in [-0.05, 0) is 12.5 Å². The molecular formula is C8H6F4S2. The van der Waals surface area contributed by atoms with E-state index in [1.807, 2.05) is 0 Å². The molecule has 0 bridgehead atoms. The first kappa shape index (κ1) is 11.7. The molecule has 0 nitrogen and oxygen atoms in total. The predicted octanol–water partition coefficient (Wildman–Crippen LogP) is 3.69. The largest absolute Gasteiger partial charge is 0.204 e. The molecule has 0 saturated carbocycles. The summed E-state index contributed by atoms with van der Waals surface area (Å²) in [5, 5.41) is 0. The van der Waals surface area contributed by atoms with Crippen LogP contribution in [0.3, 0.4) is 0 Å². The average molecular weight is 242 g/mol. The first-order chi connectivity index (χ1) is 6.54. The van der Waals surface area contributed by atoms with Gasteiger partial charge in [0.05, 0.1) is 9.79 Å². The van der Waals surface area contributed by atoms with Crippen LogP contribution in [0.4, 0.5) is 17.6 Å². The maximum Gasteiger partial charge on any atom is 0.196 e. The van der Waals surface area contributed by atoms with Crippen LogP contribution in [0.2, 0.25) is 0 Å². The van der Waals surface area contributed by atoms with Crippen molar-refractivity contribution < 1.29 is 17.6 Å². The molecule has 0 aliphatic carbocycles. The molecule has 0 spiro atoms. The lowest BCUT2D eigenvalue weighted by Crippen LogP contribution is -2.00. The van der Waals surface area contributed by atoms with E-state index in [0.29, 0.717) is 23.5 Å². The molecule has 0 N–H and O–H groups in total. The summed E-state index contributed by atoms with van der Waals surface area (Å²) in [5.41, 5.74) is 0. The Hall–Kier alpha value is -0.360. The molecule has 0 radical (unpaired) electrons. The maximum absolute atomic E-state index is 13.3. The fraction of sp³-hybridized carbons (Fsp3) is 0.250. The summed E-state index contributed by atoms with van der Waals surface area (Å²) in [5.74, 6) is -5.60. The van der Waals surface area contributed by atoms with Gasteiger partial charge < -0.3 is 0 Å². The minimum absolute atomic E-state index is 0.492. The minimum Gasteiger partial charge on any atom is -0.204 e. The van der Waals surface area contributed by atoms with Gasteiger partial charge in [0.1, 0.15) is 0 Å². The van der Waals surface area contributed by atoms with Gasteiger partial charge in [-0.3, -0.25) is 0 Å². The lowest BCUT2D eigenvalue weighted by atomic mass is 10.3. The van der Waals surface area contributed by atoms with Crippen molar-refractivity contribution in [2.75, 3.05) is 12.5 Å². The van der Waals surface area contributed by atoms with Crippen LogP contribution in [0.25, 0.3) is 0 Å². The van der Waals surface area contributed by atoms with Gasteiger partial charge >= 0.3 is 0 Å². The summed E-state index contributed by atoms with van der Waals surface area (Å²) < 4.78 is 52.1. The number of thioether (sulfide) groups is 2. The third kappa shape index (κ3) is 1.72. The van der Waals surface area contributed by atoms with Crippen molar-refractivity contribution in [1.29, 1.82) is 0 Å². The second-order valence-corrected chi connectivity index (χ2v) is 3.96. The van der Waals surface area contributed by atoms with E-state index in [1.54, 1.807) is 0 Å². The van der Waals surface area contributed by atoms with Crippen LogP contribution >= 0.6 is 23.5 Å². The summed E-state index contributed by atoms with van der Waals surface area (Å²) in [6.07, 6.45) is 2.78. The van der Waals surface area contributed by atoms with Crippen molar-refractivity contribution in [3.8, 4) is 0 Å². The molecule has 0 saturated heterocycles. The van der Waals surface area contributed by atoms with Crippen molar-refractivity contribution in [1.82, 2.24) is 0 Å². The SMILES string of the molecule is CSc1c(F)c(F)c(F)c(SC)c1F. The van der Waals surface area contributed by atoms with Crippen LogP contribution in [-0.2, 0) is 0 Å². The molecule has 0 amide bonds. The average Bonchev–Trinajstić information content (AvgIpc) is 2.16. The predicted molar refractivity (Wildman–Crippen MR) is 49.8 cm³/mol. The Labute approximate surface area is 87.1 Å². The van der Waals surface area contributed by atoms with Crippen LogP contribution in [0.5, 0.6) is 0 Å². The summed E-state index contributed by atoms with van der Waals surface area (Å²) >= 11 is 1.41. The molecule has 0 aromatic heterocycles. The minimum atomic E-state index is -1.62. The van der Waals surface area contributed by atoms with Gasteiger partial charge in [0.15, 0.2) is 23.3 Å². The Kier molecular flexibility index (Phi) is 3.71.